The molecule has 2 aromatic rings. The average molecular weight is 299 g/mol. The maximum Gasteiger partial charge on any atom is 0.307 e. The lowest BCUT2D eigenvalue weighted by Gasteiger charge is -2.16. The van der Waals surface area contributed by atoms with Crippen LogP contribution in [0, 0.1) is 12.7 Å². The third-order valence-electron chi connectivity index (χ3n) is 2.50. The van der Waals surface area contributed by atoms with E-state index >= 15 is 0 Å². The summed E-state index contributed by atoms with van der Waals surface area (Å²) in [5, 5.41) is 27.2. The van der Waals surface area contributed by atoms with E-state index in [2.05, 4.69) is 4.98 Å². The maximum atomic E-state index is 13.8. The summed E-state index contributed by atoms with van der Waals surface area (Å²) < 4.78 is 13.8. The zero-order valence-corrected chi connectivity index (χ0v) is 12.9. The summed E-state index contributed by atoms with van der Waals surface area (Å²) in [7, 11) is 0. The Morgan fingerprint density at radius 3 is 2.10 bits per heavy atom. The number of hydrogen-bond donors (Lipinski definition) is 4. The molecule has 6 heteroatoms. The molecule has 0 amide bonds. The third-order valence-corrected chi connectivity index (χ3v) is 2.50. The van der Waals surface area contributed by atoms with Crippen molar-refractivity contribution in [3.8, 4) is 0 Å². The first-order valence-corrected chi connectivity index (χ1v) is 6.80. The Labute approximate surface area is 122 Å². The van der Waals surface area contributed by atoms with Gasteiger partial charge in [-0.05, 0) is 19.1 Å². The van der Waals surface area contributed by atoms with E-state index in [0.29, 0.717) is 10.9 Å². The van der Waals surface area contributed by atoms with Gasteiger partial charge in [0, 0.05) is 10.9 Å². The van der Waals surface area contributed by atoms with Crippen molar-refractivity contribution in [1.29, 1.82) is 0 Å². The van der Waals surface area contributed by atoms with Gasteiger partial charge < -0.3 is 20.3 Å². The van der Waals surface area contributed by atoms with E-state index in [9.17, 15) is 9.18 Å². The highest BCUT2D eigenvalue weighted by molar-refractivity contribution is 5.80. The number of aromatic nitrogens is 1. The molecule has 0 aliphatic rings. The van der Waals surface area contributed by atoms with Gasteiger partial charge in [0.15, 0.2) is 5.82 Å². The van der Waals surface area contributed by atoms with Crippen molar-refractivity contribution in [2.75, 3.05) is 0 Å². The minimum absolute atomic E-state index is 0.181. The molecule has 0 unspecified atom stereocenters. The highest BCUT2D eigenvalue weighted by Crippen LogP contribution is 2.24. The van der Waals surface area contributed by atoms with Gasteiger partial charge in [-0.1, -0.05) is 33.8 Å². The van der Waals surface area contributed by atoms with E-state index in [1.54, 1.807) is 6.92 Å². The van der Waals surface area contributed by atoms with Crippen molar-refractivity contribution in [2.45, 2.75) is 40.6 Å². The monoisotopic (exact) mass is 299 g/mol. The quantitative estimate of drug-likeness (QED) is 0.607. The largest absolute Gasteiger partial charge is 0.340 e. The summed E-state index contributed by atoms with van der Waals surface area (Å²) in [5.41, 5.74) is -0.968. The third kappa shape index (κ3) is 4.35. The van der Waals surface area contributed by atoms with E-state index in [-0.39, 0.29) is 5.52 Å². The van der Waals surface area contributed by atoms with Crippen molar-refractivity contribution in [3.05, 3.63) is 45.5 Å². The number of H-pyrrole nitrogens is 1. The van der Waals surface area contributed by atoms with Crippen LogP contribution in [0.3, 0.4) is 0 Å². The molecule has 0 radical (unpaired) electrons. The van der Waals surface area contributed by atoms with Crippen LogP contribution in [0.15, 0.2) is 23.0 Å². The van der Waals surface area contributed by atoms with Crippen LogP contribution >= 0.6 is 0 Å². The van der Waals surface area contributed by atoms with E-state index in [0.717, 1.165) is 6.07 Å². The van der Waals surface area contributed by atoms with E-state index in [4.69, 9.17) is 15.3 Å². The van der Waals surface area contributed by atoms with E-state index in [1.807, 2.05) is 27.7 Å². The predicted octanol–water partition coefficient (Wildman–Crippen LogP) is 2.12. The number of benzene rings is 1. The Hall–Kier alpha value is -1.76. The highest BCUT2D eigenvalue weighted by atomic mass is 19.1. The second-order valence-electron chi connectivity index (χ2n) is 3.81. The summed E-state index contributed by atoms with van der Waals surface area (Å²) in [5.74, 6) is -4.35. The second kappa shape index (κ2) is 7.87. The molecule has 0 aliphatic carbocycles. The number of nitrogens with one attached hydrogen (secondary N) is 1. The average Bonchev–Trinajstić information content (AvgIpc) is 2.44. The highest BCUT2D eigenvalue weighted by Gasteiger charge is 2.27. The smallest absolute Gasteiger partial charge is 0.307 e. The van der Waals surface area contributed by atoms with Crippen LogP contribution in [-0.4, -0.2) is 20.3 Å². The Bertz CT molecular complexity index is 644. The SMILES string of the molecule is CC.CC.Cc1cc2ccc(C(O)(O)O)c(F)c2[nH]c1=O. The molecule has 0 fully saturated rings. The van der Waals surface area contributed by atoms with Crippen LogP contribution < -0.4 is 5.56 Å². The van der Waals surface area contributed by atoms with Gasteiger partial charge in [0.05, 0.1) is 11.1 Å². The van der Waals surface area contributed by atoms with E-state index in [1.165, 1.54) is 12.1 Å². The van der Waals surface area contributed by atoms with Gasteiger partial charge in [0.2, 0.25) is 0 Å². The van der Waals surface area contributed by atoms with Gasteiger partial charge >= 0.3 is 5.97 Å². The molecule has 118 valence electrons. The molecule has 0 aliphatic heterocycles. The fourth-order valence-corrected chi connectivity index (χ4v) is 1.61. The zero-order valence-electron chi connectivity index (χ0n) is 12.9. The van der Waals surface area contributed by atoms with Crippen molar-refractivity contribution >= 4 is 10.9 Å². The van der Waals surface area contributed by atoms with Gasteiger partial charge in [-0.3, -0.25) is 4.79 Å². The number of halogens is 1. The van der Waals surface area contributed by atoms with Crippen LogP contribution in [0.1, 0.15) is 38.8 Å². The van der Waals surface area contributed by atoms with E-state index < -0.39 is 22.9 Å². The second-order valence-corrected chi connectivity index (χ2v) is 3.81. The topological polar surface area (TPSA) is 93.5 Å². The normalized spacial score (nSPS) is 10.3. The summed E-state index contributed by atoms with van der Waals surface area (Å²) >= 11 is 0. The number of rotatable bonds is 1. The van der Waals surface area contributed by atoms with Gasteiger partial charge in [-0.15, -0.1) is 0 Å². The first kappa shape index (κ1) is 19.2. The number of hydrogen-bond acceptors (Lipinski definition) is 4. The molecular weight excluding hydrogens is 277 g/mol. The van der Waals surface area contributed by atoms with Crippen LogP contribution in [-0.2, 0) is 5.97 Å². The fourth-order valence-electron chi connectivity index (χ4n) is 1.61. The summed E-state index contributed by atoms with van der Waals surface area (Å²) in [6.45, 7) is 9.57. The first-order chi connectivity index (χ1) is 9.80. The lowest BCUT2D eigenvalue weighted by atomic mass is 10.1. The minimum atomic E-state index is -3.28. The Kier molecular flexibility index (Phi) is 7.21. The molecule has 1 heterocycles. The molecule has 0 saturated carbocycles. The lowest BCUT2D eigenvalue weighted by Crippen LogP contribution is -2.25. The first-order valence-electron chi connectivity index (χ1n) is 6.80. The number of aliphatic hydroxyl groups is 3. The summed E-state index contributed by atoms with van der Waals surface area (Å²) in [6, 6.07) is 3.87. The van der Waals surface area contributed by atoms with Gasteiger partial charge in [0.1, 0.15) is 0 Å². The van der Waals surface area contributed by atoms with Gasteiger partial charge in [0.25, 0.3) is 5.56 Å². The van der Waals surface area contributed by atoms with Crippen LogP contribution in [0.5, 0.6) is 0 Å². The van der Waals surface area contributed by atoms with Crippen molar-refractivity contribution in [1.82, 2.24) is 4.98 Å². The maximum absolute atomic E-state index is 13.8. The van der Waals surface area contributed by atoms with Gasteiger partial charge in [-0.2, -0.15) is 0 Å². The molecule has 21 heavy (non-hydrogen) atoms. The molecule has 2 rings (SSSR count). The molecule has 5 nitrogen and oxygen atoms in total. The van der Waals surface area contributed by atoms with Crippen LogP contribution in [0.4, 0.5) is 4.39 Å². The summed E-state index contributed by atoms with van der Waals surface area (Å²) in [6.07, 6.45) is 0. The molecular formula is C15H22FNO4. The lowest BCUT2D eigenvalue weighted by molar-refractivity contribution is -0.325. The molecule has 0 saturated heterocycles. The molecule has 4 N–H and O–H groups in total. The van der Waals surface area contributed by atoms with Crippen LogP contribution in [0.2, 0.25) is 0 Å². The molecule has 0 spiro atoms. The molecule has 1 aromatic heterocycles. The minimum Gasteiger partial charge on any atom is -0.340 e. The Morgan fingerprint density at radius 1 is 1.10 bits per heavy atom. The zero-order chi connectivity index (χ0) is 16.8. The number of aryl methyl sites for hydroxylation is 1. The number of fused-ring (bicyclic) bond motifs is 1. The molecule has 0 atom stereocenters. The number of pyridine rings is 1. The standard InChI is InChI=1S/C11H10FNO4.2C2H6/c1-5-4-6-2-3-7(11(15,16)17)8(12)9(6)13-10(5)14;2*1-2/h2-4,15-17H,1H3,(H,13,14);2*1-2H3. The Balaban J connectivity index is 0.000000921. The molecule has 1 aromatic carbocycles. The van der Waals surface area contributed by atoms with Crippen molar-refractivity contribution in [3.63, 3.8) is 0 Å². The fraction of sp³-hybridized carbons (Fsp3) is 0.400. The molecule has 0 bridgehead atoms. The van der Waals surface area contributed by atoms with Gasteiger partial charge in [-0.25, -0.2) is 4.39 Å². The summed E-state index contributed by atoms with van der Waals surface area (Å²) in [4.78, 5) is 13.6. The predicted molar refractivity (Wildman–Crippen MR) is 80.3 cm³/mol. The Morgan fingerprint density at radius 2 is 1.62 bits per heavy atom. The van der Waals surface area contributed by atoms with Crippen LogP contribution in [0.25, 0.3) is 10.9 Å². The van der Waals surface area contributed by atoms with Crippen molar-refractivity contribution in [2.24, 2.45) is 0 Å². The number of aromatic amines is 1. The van der Waals surface area contributed by atoms with Crippen molar-refractivity contribution < 1.29 is 19.7 Å².